The predicted molar refractivity (Wildman–Crippen MR) is 74.5 cm³/mol. The number of hydrogen-bond donors (Lipinski definition) is 1. The molecule has 0 aliphatic rings. The van der Waals surface area contributed by atoms with Gasteiger partial charge in [0, 0.05) is 17.7 Å². The molecule has 2 N–H and O–H groups in total. The fourth-order valence-electron chi connectivity index (χ4n) is 1.97. The topological polar surface area (TPSA) is 35.2 Å². The molecule has 0 bridgehead atoms. The van der Waals surface area contributed by atoms with Gasteiger partial charge in [0.1, 0.15) is 17.7 Å². The van der Waals surface area contributed by atoms with Gasteiger partial charge in [-0.3, -0.25) is 0 Å². The molecule has 0 spiro atoms. The number of ether oxygens (including phenoxy) is 1. The number of rotatable bonds is 4. The molecule has 0 aromatic heterocycles. The third-order valence-corrected chi connectivity index (χ3v) is 3.04. The largest absolute Gasteiger partial charge is 0.486 e. The van der Waals surface area contributed by atoms with Crippen LogP contribution < -0.4 is 10.5 Å². The molecule has 0 heterocycles. The first-order valence-electron chi connectivity index (χ1n) is 6.34. The monoisotopic (exact) mass is 259 g/mol. The normalized spacial score (nSPS) is 13.9. The van der Waals surface area contributed by atoms with Crippen LogP contribution in [0.15, 0.2) is 48.5 Å². The second-order valence-corrected chi connectivity index (χ2v) is 4.64. The maximum absolute atomic E-state index is 13.3. The first kappa shape index (κ1) is 13.6. The zero-order valence-electron chi connectivity index (χ0n) is 11.1. The maximum atomic E-state index is 13.3. The summed E-state index contributed by atoms with van der Waals surface area (Å²) in [5.74, 6) is 0.186. The second-order valence-electron chi connectivity index (χ2n) is 4.64. The van der Waals surface area contributed by atoms with E-state index in [-0.39, 0.29) is 18.0 Å². The zero-order valence-corrected chi connectivity index (χ0v) is 11.1. The summed E-state index contributed by atoms with van der Waals surface area (Å²) in [4.78, 5) is 0. The molecular weight excluding hydrogens is 241 g/mol. The van der Waals surface area contributed by atoms with E-state index in [1.165, 1.54) is 12.1 Å². The van der Waals surface area contributed by atoms with Crippen molar-refractivity contribution < 1.29 is 9.13 Å². The van der Waals surface area contributed by atoms with Crippen LogP contribution in [0.2, 0.25) is 0 Å². The molecule has 2 rings (SSSR count). The smallest absolute Gasteiger partial charge is 0.127 e. The molecule has 2 nitrogen and oxygen atoms in total. The highest BCUT2D eigenvalue weighted by Crippen LogP contribution is 2.29. The summed E-state index contributed by atoms with van der Waals surface area (Å²) >= 11 is 0. The Kier molecular flexibility index (Phi) is 4.17. The highest BCUT2D eigenvalue weighted by atomic mass is 19.1. The minimum absolute atomic E-state index is 0.152. The molecule has 0 radical (unpaired) electrons. The molecule has 100 valence electrons. The van der Waals surface area contributed by atoms with E-state index in [2.05, 4.69) is 0 Å². The number of nitrogens with two attached hydrogens (primary N) is 1. The summed E-state index contributed by atoms with van der Waals surface area (Å²) < 4.78 is 19.2. The minimum Gasteiger partial charge on any atom is -0.486 e. The van der Waals surface area contributed by atoms with Gasteiger partial charge in [0.25, 0.3) is 0 Å². The van der Waals surface area contributed by atoms with E-state index in [1.54, 1.807) is 6.07 Å². The third kappa shape index (κ3) is 3.32. The Bertz CT molecular complexity index is 540. The molecule has 3 heteroatoms. The SMILES string of the molecule is CC(N)c1ccc(F)cc1OC(C)c1ccccc1. The highest BCUT2D eigenvalue weighted by molar-refractivity contribution is 5.36. The summed E-state index contributed by atoms with van der Waals surface area (Å²) in [7, 11) is 0. The fraction of sp³-hybridized carbons (Fsp3) is 0.250. The fourth-order valence-corrected chi connectivity index (χ4v) is 1.97. The van der Waals surface area contributed by atoms with Crippen LogP contribution in [0.25, 0.3) is 0 Å². The van der Waals surface area contributed by atoms with Crippen LogP contribution >= 0.6 is 0 Å². The molecule has 0 amide bonds. The Hall–Kier alpha value is -1.87. The average Bonchev–Trinajstić information content (AvgIpc) is 2.39. The van der Waals surface area contributed by atoms with Crippen molar-refractivity contribution in [3.8, 4) is 5.75 Å². The van der Waals surface area contributed by atoms with Gasteiger partial charge in [-0.25, -0.2) is 4.39 Å². The van der Waals surface area contributed by atoms with E-state index < -0.39 is 0 Å². The first-order valence-corrected chi connectivity index (χ1v) is 6.34. The van der Waals surface area contributed by atoms with Gasteiger partial charge in [-0.15, -0.1) is 0 Å². The van der Waals surface area contributed by atoms with E-state index in [0.717, 1.165) is 11.1 Å². The Morgan fingerprint density at radius 1 is 1.05 bits per heavy atom. The number of halogens is 1. The van der Waals surface area contributed by atoms with E-state index in [9.17, 15) is 4.39 Å². The summed E-state index contributed by atoms with van der Waals surface area (Å²) in [6.45, 7) is 3.79. The number of benzene rings is 2. The molecule has 0 aliphatic heterocycles. The maximum Gasteiger partial charge on any atom is 0.127 e. The Labute approximate surface area is 113 Å². The van der Waals surface area contributed by atoms with Crippen molar-refractivity contribution in [2.45, 2.75) is 26.0 Å². The van der Waals surface area contributed by atoms with E-state index in [0.29, 0.717) is 5.75 Å². The van der Waals surface area contributed by atoms with Crippen molar-refractivity contribution in [3.63, 3.8) is 0 Å². The lowest BCUT2D eigenvalue weighted by molar-refractivity contribution is 0.222. The zero-order chi connectivity index (χ0) is 13.8. The summed E-state index contributed by atoms with van der Waals surface area (Å²) in [5, 5.41) is 0. The van der Waals surface area contributed by atoms with Gasteiger partial charge in [-0.05, 0) is 25.5 Å². The number of hydrogen-bond acceptors (Lipinski definition) is 2. The quantitative estimate of drug-likeness (QED) is 0.901. The highest BCUT2D eigenvalue weighted by Gasteiger charge is 2.13. The predicted octanol–water partition coefficient (Wildman–Crippen LogP) is 3.99. The van der Waals surface area contributed by atoms with Crippen LogP contribution in [0.3, 0.4) is 0 Å². The van der Waals surface area contributed by atoms with Gasteiger partial charge >= 0.3 is 0 Å². The van der Waals surface area contributed by atoms with Crippen LogP contribution in [0.4, 0.5) is 4.39 Å². The molecule has 0 saturated heterocycles. The molecular formula is C16H18FNO. The van der Waals surface area contributed by atoms with Crippen molar-refractivity contribution in [1.29, 1.82) is 0 Å². The molecule has 2 atom stereocenters. The Balaban J connectivity index is 2.25. The van der Waals surface area contributed by atoms with Crippen molar-refractivity contribution >= 4 is 0 Å². The van der Waals surface area contributed by atoms with Crippen LogP contribution in [-0.2, 0) is 0 Å². The first-order chi connectivity index (χ1) is 9.08. The van der Waals surface area contributed by atoms with Gasteiger partial charge in [-0.2, -0.15) is 0 Å². The molecule has 0 fully saturated rings. The van der Waals surface area contributed by atoms with Gasteiger partial charge < -0.3 is 10.5 Å². The molecule has 2 aromatic carbocycles. The summed E-state index contributed by atoms with van der Waals surface area (Å²) in [6.07, 6.45) is -0.152. The standard InChI is InChI=1S/C16H18FNO/c1-11(18)15-9-8-14(17)10-16(15)19-12(2)13-6-4-3-5-7-13/h3-12H,18H2,1-2H3. The molecule has 0 saturated carbocycles. The van der Waals surface area contributed by atoms with Gasteiger partial charge in [0.05, 0.1) is 0 Å². The van der Waals surface area contributed by atoms with E-state index >= 15 is 0 Å². The van der Waals surface area contributed by atoms with E-state index in [1.807, 2.05) is 44.2 Å². The molecule has 19 heavy (non-hydrogen) atoms. The molecule has 0 aliphatic carbocycles. The Morgan fingerprint density at radius 3 is 2.37 bits per heavy atom. The summed E-state index contributed by atoms with van der Waals surface area (Å²) in [5.41, 5.74) is 7.73. The van der Waals surface area contributed by atoms with Crippen molar-refractivity contribution in [1.82, 2.24) is 0 Å². The summed E-state index contributed by atoms with van der Waals surface area (Å²) in [6, 6.07) is 14.1. The molecule has 2 unspecified atom stereocenters. The van der Waals surface area contributed by atoms with Crippen molar-refractivity contribution in [2.24, 2.45) is 5.73 Å². The minimum atomic E-state index is -0.320. The van der Waals surface area contributed by atoms with Crippen LogP contribution in [-0.4, -0.2) is 0 Å². The van der Waals surface area contributed by atoms with Crippen LogP contribution in [0, 0.1) is 5.82 Å². The molecule has 2 aromatic rings. The lowest BCUT2D eigenvalue weighted by Gasteiger charge is -2.19. The Morgan fingerprint density at radius 2 is 1.74 bits per heavy atom. The lowest BCUT2D eigenvalue weighted by Crippen LogP contribution is -2.10. The lowest BCUT2D eigenvalue weighted by atomic mass is 10.1. The average molecular weight is 259 g/mol. The van der Waals surface area contributed by atoms with Gasteiger partial charge in [-0.1, -0.05) is 36.4 Å². The van der Waals surface area contributed by atoms with E-state index in [4.69, 9.17) is 10.5 Å². The van der Waals surface area contributed by atoms with Gasteiger partial charge in [0.15, 0.2) is 0 Å². The van der Waals surface area contributed by atoms with Gasteiger partial charge in [0.2, 0.25) is 0 Å². The van der Waals surface area contributed by atoms with Crippen LogP contribution in [0.5, 0.6) is 5.75 Å². The third-order valence-electron chi connectivity index (χ3n) is 3.04. The van der Waals surface area contributed by atoms with Crippen molar-refractivity contribution in [2.75, 3.05) is 0 Å². The second kappa shape index (κ2) is 5.85. The van der Waals surface area contributed by atoms with Crippen LogP contribution in [0.1, 0.15) is 37.1 Å². The van der Waals surface area contributed by atoms with Crippen molar-refractivity contribution in [3.05, 3.63) is 65.5 Å².